The first-order valence-corrected chi connectivity index (χ1v) is 12.2. The number of ether oxygens (including phenoxy) is 1. The number of aliphatic hydroxyl groups excluding tert-OH is 1. The minimum absolute atomic E-state index is 0.116. The van der Waals surface area contributed by atoms with Crippen LogP contribution >= 0.6 is 11.3 Å². The van der Waals surface area contributed by atoms with Crippen LogP contribution in [0.25, 0.3) is 11.3 Å². The predicted octanol–water partition coefficient (Wildman–Crippen LogP) is 3.74. The SMILES string of the molecule is CCOC(=O)c1sc(Nc2nc(-c3ccc(C(=O)O)cc3)cc(N3CCCC(CO)C3)n2)nc1C. The number of carboxylic acids is 1. The summed E-state index contributed by atoms with van der Waals surface area (Å²) in [6.45, 7) is 5.36. The molecule has 3 aromatic rings. The molecule has 1 fully saturated rings. The third-order valence-corrected chi connectivity index (χ3v) is 6.77. The van der Waals surface area contributed by atoms with Gasteiger partial charge in [-0.05, 0) is 44.7 Å². The third-order valence-electron chi connectivity index (χ3n) is 5.72. The first-order chi connectivity index (χ1) is 16.9. The Kier molecular flexibility index (Phi) is 7.57. The number of thiazole rings is 1. The van der Waals surface area contributed by atoms with E-state index in [9.17, 15) is 19.8 Å². The Balaban J connectivity index is 1.69. The van der Waals surface area contributed by atoms with Gasteiger partial charge >= 0.3 is 11.9 Å². The van der Waals surface area contributed by atoms with Crippen LogP contribution in [0.2, 0.25) is 0 Å². The van der Waals surface area contributed by atoms with E-state index in [0.717, 1.165) is 24.9 Å². The van der Waals surface area contributed by atoms with Crippen molar-refractivity contribution in [3.63, 3.8) is 0 Å². The number of benzene rings is 1. The monoisotopic (exact) mass is 497 g/mol. The lowest BCUT2D eigenvalue weighted by molar-refractivity contribution is 0.0530. The molecule has 1 saturated heterocycles. The average molecular weight is 498 g/mol. The van der Waals surface area contributed by atoms with Gasteiger partial charge in [0.05, 0.1) is 23.6 Å². The molecule has 10 nitrogen and oxygen atoms in total. The van der Waals surface area contributed by atoms with Crippen LogP contribution < -0.4 is 10.2 Å². The van der Waals surface area contributed by atoms with Gasteiger partial charge in [0.25, 0.3) is 0 Å². The molecule has 4 rings (SSSR count). The molecule has 0 amide bonds. The average Bonchev–Trinajstić information content (AvgIpc) is 3.23. The number of carbonyl (C=O) groups is 2. The van der Waals surface area contributed by atoms with Crippen LogP contribution in [0.5, 0.6) is 0 Å². The maximum Gasteiger partial charge on any atom is 0.350 e. The number of hydrogen-bond donors (Lipinski definition) is 3. The molecular weight excluding hydrogens is 470 g/mol. The molecule has 0 radical (unpaired) electrons. The van der Waals surface area contributed by atoms with E-state index in [1.54, 1.807) is 26.0 Å². The molecule has 2 aromatic heterocycles. The van der Waals surface area contributed by atoms with Gasteiger partial charge in [-0.1, -0.05) is 23.5 Å². The van der Waals surface area contributed by atoms with Gasteiger partial charge in [-0.25, -0.2) is 19.6 Å². The number of carbonyl (C=O) groups excluding carboxylic acids is 1. The van der Waals surface area contributed by atoms with Gasteiger partial charge in [-0.2, -0.15) is 4.98 Å². The molecule has 3 N–H and O–H groups in total. The highest BCUT2D eigenvalue weighted by atomic mass is 32.1. The second kappa shape index (κ2) is 10.8. The summed E-state index contributed by atoms with van der Waals surface area (Å²) in [5.41, 5.74) is 2.09. The number of anilines is 3. The van der Waals surface area contributed by atoms with E-state index in [1.165, 1.54) is 23.5 Å². The van der Waals surface area contributed by atoms with E-state index in [1.807, 2.05) is 6.07 Å². The van der Waals surface area contributed by atoms with Crippen LogP contribution in [0.15, 0.2) is 30.3 Å². The maximum atomic E-state index is 12.2. The van der Waals surface area contributed by atoms with Gasteiger partial charge < -0.3 is 19.8 Å². The zero-order valence-electron chi connectivity index (χ0n) is 19.5. The van der Waals surface area contributed by atoms with Gasteiger partial charge in [0, 0.05) is 31.3 Å². The number of esters is 1. The fourth-order valence-corrected chi connectivity index (χ4v) is 4.79. The van der Waals surface area contributed by atoms with E-state index >= 15 is 0 Å². The zero-order valence-corrected chi connectivity index (χ0v) is 20.3. The number of hydrogen-bond acceptors (Lipinski definition) is 10. The van der Waals surface area contributed by atoms with E-state index in [-0.39, 0.29) is 24.7 Å². The summed E-state index contributed by atoms with van der Waals surface area (Å²) in [4.78, 5) is 39.7. The maximum absolute atomic E-state index is 12.2. The molecule has 1 aliphatic heterocycles. The summed E-state index contributed by atoms with van der Waals surface area (Å²) in [7, 11) is 0. The van der Waals surface area contributed by atoms with Crippen molar-refractivity contribution in [3.05, 3.63) is 46.5 Å². The quantitative estimate of drug-likeness (QED) is 0.395. The normalized spacial score (nSPS) is 15.6. The number of aryl methyl sites for hydroxylation is 1. The first-order valence-electron chi connectivity index (χ1n) is 11.4. The number of piperidine rings is 1. The minimum Gasteiger partial charge on any atom is -0.478 e. The van der Waals surface area contributed by atoms with Crippen LogP contribution in [0.1, 0.15) is 45.5 Å². The van der Waals surface area contributed by atoms with E-state index in [0.29, 0.717) is 39.7 Å². The Morgan fingerprint density at radius 1 is 1.23 bits per heavy atom. The number of aromatic carboxylic acids is 1. The molecule has 0 aliphatic carbocycles. The summed E-state index contributed by atoms with van der Waals surface area (Å²) >= 11 is 1.17. The fraction of sp³-hybridized carbons (Fsp3) is 0.375. The summed E-state index contributed by atoms with van der Waals surface area (Å²) < 4.78 is 5.10. The van der Waals surface area contributed by atoms with Crippen molar-refractivity contribution in [1.29, 1.82) is 0 Å². The molecular formula is C24H27N5O5S. The lowest BCUT2D eigenvalue weighted by Crippen LogP contribution is -2.37. The Bertz CT molecular complexity index is 1210. The molecule has 11 heteroatoms. The predicted molar refractivity (Wildman–Crippen MR) is 133 cm³/mol. The van der Waals surface area contributed by atoms with Crippen molar-refractivity contribution in [1.82, 2.24) is 15.0 Å². The van der Waals surface area contributed by atoms with Crippen molar-refractivity contribution >= 4 is 40.2 Å². The first kappa shape index (κ1) is 24.6. The van der Waals surface area contributed by atoms with Crippen molar-refractivity contribution in [3.8, 4) is 11.3 Å². The van der Waals surface area contributed by atoms with Crippen LogP contribution in [-0.4, -0.2) is 63.4 Å². The molecule has 0 saturated carbocycles. The van der Waals surface area contributed by atoms with Crippen molar-refractivity contribution in [2.45, 2.75) is 26.7 Å². The van der Waals surface area contributed by atoms with Gasteiger partial charge in [0.1, 0.15) is 10.7 Å². The third kappa shape index (κ3) is 5.75. The second-order valence-corrected chi connectivity index (χ2v) is 9.23. The number of nitrogens with zero attached hydrogens (tertiary/aromatic N) is 4. The van der Waals surface area contributed by atoms with Crippen molar-refractivity contribution in [2.24, 2.45) is 5.92 Å². The number of rotatable bonds is 8. The molecule has 1 atom stereocenters. The van der Waals surface area contributed by atoms with Gasteiger partial charge in [-0.3, -0.25) is 5.32 Å². The molecule has 184 valence electrons. The Labute approximate surface area is 206 Å². The van der Waals surface area contributed by atoms with Crippen molar-refractivity contribution in [2.75, 3.05) is 36.5 Å². The second-order valence-electron chi connectivity index (χ2n) is 8.23. The lowest BCUT2D eigenvalue weighted by Gasteiger charge is -2.33. The summed E-state index contributed by atoms with van der Waals surface area (Å²) in [6, 6.07) is 8.34. The summed E-state index contributed by atoms with van der Waals surface area (Å²) in [6.07, 6.45) is 1.90. The standard InChI is InChI=1S/C24H27N5O5S/c1-3-34-22(33)20-14(2)25-24(35-20)28-23-26-18(16-6-8-17(9-7-16)21(31)32)11-19(27-23)29-10-4-5-15(12-29)13-30/h6-9,11,15,30H,3-5,10,12-13H2,1-2H3,(H,31,32)(H,25,26,27,28). The van der Waals surface area contributed by atoms with E-state index in [2.05, 4.69) is 20.2 Å². The summed E-state index contributed by atoms with van der Waals surface area (Å²) in [5, 5.41) is 22.4. The molecule has 0 spiro atoms. The topological polar surface area (TPSA) is 138 Å². The van der Waals surface area contributed by atoms with Crippen LogP contribution in [-0.2, 0) is 4.74 Å². The highest BCUT2D eigenvalue weighted by Gasteiger charge is 2.23. The van der Waals surface area contributed by atoms with Crippen LogP contribution in [0, 0.1) is 12.8 Å². The highest BCUT2D eigenvalue weighted by molar-refractivity contribution is 7.17. The van der Waals surface area contributed by atoms with Crippen LogP contribution in [0.4, 0.5) is 16.9 Å². The minimum atomic E-state index is -0.998. The van der Waals surface area contributed by atoms with E-state index in [4.69, 9.17) is 9.72 Å². The molecule has 0 bridgehead atoms. The smallest absolute Gasteiger partial charge is 0.350 e. The zero-order chi connectivity index (χ0) is 24.9. The van der Waals surface area contributed by atoms with Gasteiger partial charge in [-0.15, -0.1) is 0 Å². The van der Waals surface area contributed by atoms with Gasteiger partial charge in [0.15, 0.2) is 5.13 Å². The van der Waals surface area contributed by atoms with Crippen LogP contribution in [0.3, 0.4) is 0 Å². The summed E-state index contributed by atoms with van der Waals surface area (Å²) in [5.74, 6) is -0.260. The highest BCUT2D eigenvalue weighted by Crippen LogP contribution is 2.30. The molecule has 1 aromatic carbocycles. The van der Waals surface area contributed by atoms with E-state index < -0.39 is 11.9 Å². The number of carboxylic acid groups (broad SMARTS) is 1. The fourth-order valence-electron chi connectivity index (χ4n) is 3.94. The number of aliphatic hydroxyl groups is 1. The Morgan fingerprint density at radius 2 is 2.00 bits per heavy atom. The molecule has 3 heterocycles. The van der Waals surface area contributed by atoms with Crippen molar-refractivity contribution < 1.29 is 24.5 Å². The van der Waals surface area contributed by atoms with Gasteiger partial charge in [0.2, 0.25) is 5.95 Å². The molecule has 35 heavy (non-hydrogen) atoms. The number of aromatic nitrogens is 3. The largest absolute Gasteiger partial charge is 0.478 e. The Hall–Kier alpha value is -3.57. The number of nitrogens with one attached hydrogen (secondary N) is 1. The molecule has 1 unspecified atom stereocenters. The lowest BCUT2D eigenvalue weighted by atomic mass is 9.99. The molecule has 1 aliphatic rings. The Morgan fingerprint density at radius 3 is 2.69 bits per heavy atom.